The van der Waals surface area contributed by atoms with E-state index in [2.05, 4.69) is 10.1 Å². The molecule has 20 heavy (non-hydrogen) atoms. The molecule has 0 fully saturated rings. The van der Waals surface area contributed by atoms with Crippen LogP contribution in [0.2, 0.25) is 0 Å². The molecule has 1 atom stereocenters. The van der Waals surface area contributed by atoms with Crippen LogP contribution in [-0.4, -0.2) is 24.4 Å². The normalized spacial score (nSPS) is 14.0. The molecule has 0 saturated heterocycles. The number of nitrogens with two attached hydrogens (primary N) is 1. The van der Waals surface area contributed by atoms with Gasteiger partial charge in [0.15, 0.2) is 0 Å². The molecule has 0 radical (unpaired) electrons. The maximum Gasteiger partial charge on any atom is 0.261 e. The molecule has 2 N–H and O–H groups in total. The maximum atomic E-state index is 5.73. The number of anilines is 1. The summed E-state index contributed by atoms with van der Waals surface area (Å²) in [6.45, 7) is 3.92. The molecule has 0 aliphatic heterocycles. The summed E-state index contributed by atoms with van der Waals surface area (Å²) in [6, 6.07) is 5.27. The highest BCUT2D eigenvalue weighted by Crippen LogP contribution is 2.33. The number of hydrogen-bond donors (Lipinski definition) is 1. The summed E-state index contributed by atoms with van der Waals surface area (Å²) in [5.41, 5.74) is 6.48. The third kappa shape index (κ3) is 2.46. The first-order chi connectivity index (χ1) is 9.54. The number of ether oxygens (including phenoxy) is 2. The molecule has 0 aliphatic carbocycles. The first-order valence-corrected chi connectivity index (χ1v) is 6.37. The molecule has 0 amide bonds. The Bertz CT molecular complexity index is 591. The van der Waals surface area contributed by atoms with Crippen molar-refractivity contribution in [3.8, 4) is 17.2 Å². The first kappa shape index (κ1) is 14.3. The second-order valence-corrected chi connectivity index (χ2v) is 4.67. The lowest BCUT2D eigenvalue weighted by molar-refractivity contribution is -0.0106. The van der Waals surface area contributed by atoms with Crippen LogP contribution in [-0.2, 0) is 10.3 Å². The van der Waals surface area contributed by atoms with Gasteiger partial charge in [0.05, 0.1) is 12.7 Å². The van der Waals surface area contributed by atoms with Crippen LogP contribution in [0.15, 0.2) is 22.7 Å². The summed E-state index contributed by atoms with van der Waals surface area (Å²) in [5, 5.41) is 4.01. The third-order valence-corrected chi connectivity index (χ3v) is 3.48. The van der Waals surface area contributed by atoms with E-state index in [0.717, 1.165) is 6.42 Å². The number of nitrogens with zero attached hydrogens (tertiary/aromatic N) is 2. The van der Waals surface area contributed by atoms with Crippen LogP contribution in [0.4, 0.5) is 5.69 Å². The summed E-state index contributed by atoms with van der Waals surface area (Å²) in [5.74, 6) is 1.49. The Morgan fingerprint density at radius 1 is 1.35 bits per heavy atom. The van der Waals surface area contributed by atoms with Gasteiger partial charge < -0.3 is 19.7 Å². The predicted molar refractivity (Wildman–Crippen MR) is 75.4 cm³/mol. The van der Waals surface area contributed by atoms with Gasteiger partial charge in [-0.25, -0.2) is 0 Å². The monoisotopic (exact) mass is 277 g/mol. The molecule has 2 aromatic rings. The van der Waals surface area contributed by atoms with E-state index in [9.17, 15) is 0 Å². The van der Waals surface area contributed by atoms with Crippen molar-refractivity contribution in [1.82, 2.24) is 10.1 Å². The molecule has 1 unspecified atom stereocenters. The Morgan fingerprint density at radius 3 is 2.70 bits per heavy atom. The minimum Gasteiger partial charge on any atom is -0.496 e. The van der Waals surface area contributed by atoms with Gasteiger partial charge in [-0.15, -0.1) is 0 Å². The Hall–Kier alpha value is -2.08. The molecular formula is C14H19N3O3. The highest BCUT2D eigenvalue weighted by Gasteiger charge is 2.30. The highest BCUT2D eigenvalue weighted by molar-refractivity contribution is 5.66. The van der Waals surface area contributed by atoms with Crippen molar-refractivity contribution in [1.29, 1.82) is 0 Å². The lowest BCUT2D eigenvalue weighted by atomic mass is 10.0. The molecule has 1 aromatic carbocycles. The van der Waals surface area contributed by atoms with E-state index in [1.165, 1.54) is 0 Å². The van der Waals surface area contributed by atoms with E-state index in [0.29, 0.717) is 28.7 Å². The zero-order valence-electron chi connectivity index (χ0n) is 12.1. The molecule has 0 spiro atoms. The number of aromatic nitrogens is 2. The van der Waals surface area contributed by atoms with E-state index in [4.69, 9.17) is 19.7 Å². The lowest BCUT2D eigenvalue weighted by Gasteiger charge is -2.21. The van der Waals surface area contributed by atoms with E-state index in [1.54, 1.807) is 32.4 Å². The predicted octanol–water partition coefficient (Wildman–Crippen LogP) is 2.60. The third-order valence-electron chi connectivity index (χ3n) is 3.48. The van der Waals surface area contributed by atoms with Crippen LogP contribution < -0.4 is 10.5 Å². The molecule has 108 valence electrons. The van der Waals surface area contributed by atoms with Crippen molar-refractivity contribution < 1.29 is 14.0 Å². The largest absolute Gasteiger partial charge is 0.496 e. The van der Waals surface area contributed by atoms with Crippen molar-refractivity contribution in [2.24, 2.45) is 0 Å². The molecule has 1 aromatic heterocycles. The average Bonchev–Trinajstić information content (AvgIpc) is 2.96. The summed E-state index contributed by atoms with van der Waals surface area (Å²) < 4.78 is 16.1. The van der Waals surface area contributed by atoms with Crippen LogP contribution in [0.25, 0.3) is 11.5 Å². The molecule has 0 saturated carbocycles. The summed E-state index contributed by atoms with van der Waals surface area (Å²) >= 11 is 0. The van der Waals surface area contributed by atoms with Gasteiger partial charge in [-0.05, 0) is 25.5 Å². The van der Waals surface area contributed by atoms with Crippen LogP contribution in [0, 0.1) is 0 Å². The zero-order chi connectivity index (χ0) is 14.8. The first-order valence-electron chi connectivity index (χ1n) is 6.37. The van der Waals surface area contributed by atoms with Gasteiger partial charge in [0.1, 0.15) is 11.4 Å². The van der Waals surface area contributed by atoms with Gasteiger partial charge in [0.25, 0.3) is 5.89 Å². The van der Waals surface area contributed by atoms with Gasteiger partial charge in [0, 0.05) is 18.9 Å². The van der Waals surface area contributed by atoms with Gasteiger partial charge in [-0.1, -0.05) is 12.1 Å². The van der Waals surface area contributed by atoms with Gasteiger partial charge in [-0.2, -0.15) is 4.98 Å². The fraction of sp³-hybridized carbons (Fsp3) is 0.429. The Labute approximate surface area is 117 Å². The molecule has 1 heterocycles. The second-order valence-electron chi connectivity index (χ2n) is 4.67. The number of rotatable bonds is 5. The smallest absolute Gasteiger partial charge is 0.261 e. The van der Waals surface area contributed by atoms with Crippen LogP contribution >= 0.6 is 0 Å². The average molecular weight is 277 g/mol. The molecule has 0 bridgehead atoms. The number of benzene rings is 1. The van der Waals surface area contributed by atoms with Crippen molar-refractivity contribution in [2.45, 2.75) is 25.9 Å². The molecule has 6 heteroatoms. The van der Waals surface area contributed by atoms with Crippen molar-refractivity contribution >= 4 is 5.69 Å². The molecule has 2 rings (SSSR count). The quantitative estimate of drug-likeness (QED) is 0.846. The fourth-order valence-corrected chi connectivity index (χ4v) is 1.83. The highest BCUT2D eigenvalue weighted by atomic mass is 16.5. The van der Waals surface area contributed by atoms with Crippen LogP contribution in [0.3, 0.4) is 0 Å². The summed E-state index contributed by atoms with van der Waals surface area (Å²) in [4.78, 5) is 4.41. The SMILES string of the molecule is CCC(C)(OC)c1noc(-c2ccc(N)cc2OC)n1. The van der Waals surface area contributed by atoms with E-state index in [1.807, 2.05) is 13.8 Å². The number of hydrogen-bond acceptors (Lipinski definition) is 6. The summed E-state index contributed by atoms with van der Waals surface area (Å²) in [6.07, 6.45) is 0.737. The number of nitrogen functional groups attached to an aromatic ring is 1. The topological polar surface area (TPSA) is 83.4 Å². The standard InChI is InChI=1S/C14H19N3O3/c1-5-14(2,19-4)13-16-12(20-17-13)10-7-6-9(15)8-11(10)18-3/h6-8H,5,15H2,1-4H3. The summed E-state index contributed by atoms with van der Waals surface area (Å²) in [7, 11) is 3.20. The lowest BCUT2D eigenvalue weighted by Crippen LogP contribution is -2.24. The van der Waals surface area contributed by atoms with Crippen molar-refractivity contribution in [2.75, 3.05) is 20.0 Å². The van der Waals surface area contributed by atoms with Crippen LogP contribution in [0.5, 0.6) is 5.75 Å². The van der Waals surface area contributed by atoms with Gasteiger partial charge in [0.2, 0.25) is 5.82 Å². The Morgan fingerprint density at radius 2 is 2.10 bits per heavy atom. The van der Waals surface area contributed by atoms with Crippen LogP contribution in [0.1, 0.15) is 26.1 Å². The van der Waals surface area contributed by atoms with E-state index >= 15 is 0 Å². The zero-order valence-corrected chi connectivity index (χ0v) is 12.1. The molecular weight excluding hydrogens is 258 g/mol. The Balaban J connectivity index is 2.43. The van der Waals surface area contributed by atoms with Gasteiger partial charge >= 0.3 is 0 Å². The Kier molecular flexibility index (Phi) is 3.94. The van der Waals surface area contributed by atoms with Crippen molar-refractivity contribution in [3.05, 3.63) is 24.0 Å². The van der Waals surface area contributed by atoms with Gasteiger partial charge in [-0.3, -0.25) is 0 Å². The maximum absolute atomic E-state index is 5.73. The minimum absolute atomic E-state index is 0.383. The van der Waals surface area contributed by atoms with E-state index in [-0.39, 0.29) is 0 Å². The molecule has 6 nitrogen and oxygen atoms in total. The molecule has 0 aliphatic rings. The number of methoxy groups -OCH3 is 2. The van der Waals surface area contributed by atoms with Crippen molar-refractivity contribution in [3.63, 3.8) is 0 Å². The minimum atomic E-state index is -0.567. The second kappa shape index (κ2) is 5.50. The van der Waals surface area contributed by atoms with E-state index < -0.39 is 5.60 Å². The fourth-order valence-electron chi connectivity index (χ4n) is 1.83.